The second-order valence-electron chi connectivity index (χ2n) is 6.58. The van der Waals surface area contributed by atoms with Crippen LogP contribution in [0.2, 0.25) is 5.02 Å². The van der Waals surface area contributed by atoms with Crippen LogP contribution in [-0.2, 0) is 6.54 Å². The maximum Gasteiger partial charge on any atom is 0.293 e. The molecule has 1 fully saturated rings. The third-order valence-corrected chi connectivity index (χ3v) is 5.71. The number of nitrogens with one attached hydrogen (secondary N) is 1. The Morgan fingerprint density at radius 1 is 1.19 bits per heavy atom. The number of likely N-dealkylation sites (tertiary alicyclic amines) is 1. The summed E-state index contributed by atoms with van der Waals surface area (Å²) in [6.07, 6.45) is 3.81. The number of carbonyl (C=O) groups is 1. The molecule has 0 spiro atoms. The third kappa shape index (κ3) is 4.40. The van der Waals surface area contributed by atoms with Gasteiger partial charge in [0.25, 0.3) is 5.91 Å². The van der Waals surface area contributed by atoms with Gasteiger partial charge in [-0.3, -0.25) is 15.0 Å². The lowest BCUT2D eigenvalue weighted by atomic mass is 10.1. The van der Waals surface area contributed by atoms with Gasteiger partial charge in [0.2, 0.25) is 0 Å². The summed E-state index contributed by atoms with van der Waals surface area (Å²) in [5.74, 6) is 0.487. The van der Waals surface area contributed by atoms with Gasteiger partial charge in [-0.1, -0.05) is 30.2 Å². The average Bonchev–Trinajstić information content (AvgIpc) is 3.33. The van der Waals surface area contributed by atoms with Gasteiger partial charge in [0.05, 0.1) is 10.7 Å². The zero-order valence-electron chi connectivity index (χ0n) is 14.8. The molecule has 3 aromatic rings. The van der Waals surface area contributed by atoms with E-state index >= 15 is 0 Å². The van der Waals surface area contributed by atoms with E-state index in [0.29, 0.717) is 15.9 Å². The summed E-state index contributed by atoms with van der Waals surface area (Å²) in [6.45, 7) is 3.08. The number of anilines is 1. The van der Waals surface area contributed by atoms with Crippen LogP contribution in [0.25, 0.3) is 11.3 Å². The molecule has 2 aromatic heterocycles. The molecule has 1 aliphatic rings. The van der Waals surface area contributed by atoms with Crippen molar-refractivity contribution >= 4 is 34.0 Å². The van der Waals surface area contributed by atoms with Crippen LogP contribution in [0.1, 0.15) is 35.5 Å². The van der Waals surface area contributed by atoms with Gasteiger partial charge >= 0.3 is 0 Å². The van der Waals surface area contributed by atoms with Crippen LogP contribution >= 0.6 is 22.9 Å². The molecule has 1 aromatic carbocycles. The summed E-state index contributed by atoms with van der Waals surface area (Å²) in [4.78, 5) is 19.4. The Labute approximate surface area is 167 Å². The lowest BCUT2D eigenvalue weighted by molar-refractivity contribution is 0.0997. The first kappa shape index (κ1) is 18.2. The van der Waals surface area contributed by atoms with Crippen LogP contribution in [0, 0.1) is 0 Å². The van der Waals surface area contributed by atoms with Crippen molar-refractivity contribution in [1.82, 2.24) is 9.88 Å². The molecule has 1 N–H and O–H groups in total. The van der Waals surface area contributed by atoms with Gasteiger partial charge in [0.15, 0.2) is 10.9 Å². The van der Waals surface area contributed by atoms with E-state index < -0.39 is 0 Å². The normalized spacial score (nSPS) is 15.0. The number of piperidine rings is 1. The summed E-state index contributed by atoms with van der Waals surface area (Å²) in [7, 11) is 0. The summed E-state index contributed by atoms with van der Waals surface area (Å²) in [5.41, 5.74) is 1.75. The number of nitrogens with zero attached hydrogens (tertiary/aromatic N) is 2. The third-order valence-electron chi connectivity index (χ3n) is 4.58. The second kappa shape index (κ2) is 8.25. The van der Waals surface area contributed by atoms with Crippen molar-refractivity contribution in [3.8, 4) is 11.3 Å². The van der Waals surface area contributed by atoms with E-state index in [0.717, 1.165) is 30.9 Å². The fraction of sp³-hybridized carbons (Fsp3) is 0.300. The summed E-state index contributed by atoms with van der Waals surface area (Å²) in [5, 5.41) is 5.99. The Morgan fingerprint density at radius 3 is 2.81 bits per heavy atom. The van der Waals surface area contributed by atoms with Crippen LogP contribution in [0.3, 0.4) is 0 Å². The van der Waals surface area contributed by atoms with E-state index in [1.165, 1.54) is 30.6 Å². The van der Waals surface area contributed by atoms with Crippen molar-refractivity contribution in [1.29, 1.82) is 0 Å². The smallest absolute Gasteiger partial charge is 0.293 e. The van der Waals surface area contributed by atoms with Gasteiger partial charge in [-0.15, -0.1) is 11.3 Å². The van der Waals surface area contributed by atoms with E-state index in [4.69, 9.17) is 16.0 Å². The molecule has 1 amide bonds. The number of aromatic nitrogens is 1. The Kier molecular flexibility index (Phi) is 5.57. The van der Waals surface area contributed by atoms with Crippen molar-refractivity contribution in [3.63, 3.8) is 0 Å². The number of amides is 1. The van der Waals surface area contributed by atoms with Gasteiger partial charge in [-0.25, -0.2) is 4.98 Å². The fourth-order valence-electron chi connectivity index (χ4n) is 3.21. The molecule has 7 heteroatoms. The first-order valence-corrected chi connectivity index (χ1v) is 10.3. The number of halogens is 1. The minimum Gasteiger partial charge on any atom is -0.451 e. The highest BCUT2D eigenvalue weighted by atomic mass is 35.5. The first-order chi connectivity index (χ1) is 13.2. The van der Waals surface area contributed by atoms with Gasteiger partial charge in [-0.2, -0.15) is 0 Å². The van der Waals surface area contributed by atoms with Gasteiger partial charge in [-0.05, 0) is 50.2 Å². The Morgan fingerprint density at radius 2 is 2.00 bits per heavy atom. The van der Waals surface area contributed by atoms with Gasteiger partial charge in [0.1, 0.15) is 5.76 Å². The first-order valence-electron chi connectivity index (χ1n) is 9.02. The molecule has 140 valence electrons. The van der Waals surface area contributed by atoms with Crippen molar-refractivity contribution in [3.05, 3.63) is 58.3 Å². The Hall–Kier alpha value is -2.15. The molecule has 0 bridgehead atoms. The quantitative estimate of drug-likeness (QED) is 0.630. The minimum atomic E-state index is -0.313. The summed E-state index contributed by atoms with van der Waals surface area (Å²) < 4.78 is 5.68. The standard InChI is InChI=1S/C20H20ClN3O2S/c21-16-7-3-2-6-15(16)17-8-9-18(26-17)19(25)23-20-22-14(13-27-20)12-24-10-4-1-5-11-24/h2-3,6-9,13H,1,4-5,10-12H2,(H,22,23,25). The monoisotopic (exact) mass is 401 g/mol. The number of hydrogen-bond donors (Lipinski definition) is 1. The molecule has 0 aliphatic carbocycles. The minimum absolute atomic E-state index is 0.234. The second-order valence-corrected chi connectivity index (χ2v) is 7.84. The predicted molar refractivity (Wildman–Crippen MR) is 108 cm³/mol. The Bertz CT molecular complexity index is 931. The number of hydrogen-bond acceptors (Lipinski definition) is 5. The SMILES string of the molecule is O=C(Nc1nc(CN2CCCCC2)cs1)c1ccc(-c2ccccc2Cl)o1. The molecule has 3 heterocycles. The van der Waals surface area contributed by atoms with E-state index in [1.807, 2.05) is 23.6 Å². The van der Waals surface area contributed by atoms with E-state index in [2.05, 4.69) is 15.2 Å². The molecule has 0 unspecified atom stereocenters. The highest BCUT2D eigenvalue weighted by molar-refractivity contribution is 7.13. The molecule has 0 saturated carbocycles. The lowest BCUT2D eigenvalue weighted by Crippen LogP contribution is -2.29. The van der Waals surface area contributed by atoms with Crippen LogP contribution in [-0.4, -0.2) is 28.9 Å². The Balaban J connectivity index is 1.40. The van der Waals surface area contributed by atoms with Crippen molar-refractivity contribution in [2.45, 2.75) is 25.8 Å². The molecule has 4 rings (SSSR count). The average molecular weight is 402 g/mol. The zero-order chi connectivity index (χ0) is 18.6. The van der Waals surface area contributed by atoms with Crippen LogP contribution in [0.4, 0.5) is 5.13 Å². The van der Waals surface area contributed by atoms with Gasteiger partial charge < -0.3 is 4.42 Å². The molecule has 1 aliphatic heterocycles. The van der Waals surface area contributed by atoms with Crippen LogP contribution in [0.15, 0.2) is 46.2 Å². The predicted octanol–water partition coefficient (Wildman–Crippen LogP) is 5.29. The largest absolute Gasteiger partial charge is 0.451 e. The topological polar surface area (TPSA) is 58.4 Å². The lowest BCUT2D eigenvalue weighted by Gasteiger charge is -2.25. The number of furan rings is 1. The summed E-state index contributed by atoms with van der Waals surface area (Å²) in [6, 6.07) is 10.8. The highest BCUT2D eigenvalue weighted by Gasteiger charge is 2.16. The van der Waals surface area contributed by atoms with Crippen molar-refractivity contribution in [2.75, 3.05) is 18.4 Å². The van der Waals surface area contributed by atoms with Gasteiger partial charge in [0, 0.05) is 17.5 Å². The van der Waals surface area contributed by atoms with Crippen LogP contribution in [0.5, 0.6) is 0 Å². The van der Waals surface area contributed by atoms with E-state index in [-0.39, 0.29) is 11.7 Å². The van der Waals surface area contributed by atoms with E-state index in [1.54, 1.807) is 18.2 Å². The zero-order valence-corrected chi connectivity index (χ0v) is 16.4. The number of carbonyl (C=O) groups excluding carboxylic acids is 1. The molecule has 0 radical (unpaired) electrons. The number of thiazole rings is 1. The summed E-state index contributed by atoms with van der Waals surface area (Å²) >= 11 is 7.62. The van der Waals surface area contributed by atoms with Crippen molar-refractivity contribution in [2.24, 2.45) is 0 Å². The van der Waals surface area contributed by atoms with Crippen LogP contribution < -0.4 is 5.32 Å². The maximum atomic E-state index is 12.5. The number of rotatable bonds is 5. The molecular weight excluding hydrogens is 382 g/mol. The van der Waals surface area contributed by atoms with E-state index in [9.17, 15) is 4.79 Å². The molecule has 1 saturated heterocycles. The highest BCUT2D eigenvalue weighted by Crippen LogP contribution is 2.29. The maximum absolute atomic E-state index is 12.5. The molecular formula is C20H20ClN3O2S. The molecule has 0 atom stereocenters. The molecule has 5 nitrogen and oxygen atoms in total. The molecule has 27 heavy (non-hydrogen) atoms. The number of benzene rings is 1. The fourth-order valence-corrected chi connectivity index (χ4v) is 4.13. The van der Waals surface area contributed by atoms with Crippen molar-refractivity contribution < 1.29 is 9.21 Å².